The number of carbonyl (C=O) groups is 2. The lowest BCUT2D eigenvalue weighted by Gasteiger charge is -2.23. The third-order valence-electron chi connectivity index (χ3n) is 4.16. The van der Waals surface area contributed by atoms with Crippen LogP contribution in [0.15, 0.2) is 48.5 Å². The van der Waals surface area contributed by atoms with Crippen LogP contribution in [0.4, 0.5) is 0 Å². The predicted octanol–water partition coefficient (Wildman–Crippen LogP) is 5.02. The van der Waals surface area contributed by atoms with Crippen LogP contribution in [0.1, 0.15) is 49.2 Å². The number of benzene rings is 2. The normalized spacial score (nSPS) is 13.1. The fourth-order valence-electron chi connectivity index (χ4n) is 2.75. The van der Waals surface area contributed by atoms with E-state index in [9.17, 15) is 9.59 Å². The zero-order valence-corrected chi connectivity index (χ0v) is 17.1. The van der Waals surface area contributed by atoms with Crippen molar-refractivity contribution >= 4 is 35.0 Å². The third kappa shape index (κ3) is 6.26. The highest BCUT2D eigenvalue weighted by atomic mass is 35.5. The maximum Gasteiger partial charge on any atom is 0.253 e. The van der Waals surface area contributed by atoms with Gasteiger partial charge in [0.15, 0.2) is 0 Å². The van der Waals surface area contributed by atoms with Crippen molar-refractivity contribution in [2.24, 2.45) is 5.92 Å². The van der Waals surface area contributed by atoms with Crippen molar-refractivity contribution in [2.75, 3.05) is 0 Å². The van der Waals surface area contributed by atoms with Gasteiger partial charge in [-0.05, 0) is 43.0 Å². The zero-order chi connectivity index (χ0) is 20.0. The second kappa shape index (κ2) is 9.77. The average Bonchev–Trinajstić information content (AvgIpc) is 2.61. The summed E-state index contributed by atoms with van der Waals surface area (Å²) in [5.74, 6) is -0.392. The van der Waals surface area contributed by atoms with E-state index in [1.165, 1.54) is 6.07 Å². The van der Waals surface area contributed by atoms with Gasteiger partial charge in [-0.15, -0.1) is 0 Å². The lowest BCUT2D eigenvalue weighted by atomic mass is 10.0. The van der Waals surface area contributed by atoms with E-state index >= 15 is 0 Å². The van der Waals surface area contributed by atoms with E-state index < -0.39 is 11.9 Å². The minimum atomic E-state index is -0.657. The van der Waals surface area contributed by atoms with Crippen LogP contribution in [-0.2, 0) is 4.79 Å². The van der Waals surface area contributed by atoms with E-state index in [2.05, 4.69) is 10.6 Å². The Balaban J connectivity index is 2.11. The van der Waals surface area contributed by atoms with Crippen LogP contribution in [0.5, 0.6) is 0 Å². The first kappa shape index (κ1) is 21.3. The minimum absolute atomic E-state index is 0.163. The van der Waals surface area contributed by atoms with Crippen LogP contribution in [0.2, 0.25) is 10.0 Å². The van der Waals surface area contributed by atoms with Gasteiger partial charge >= 0.3 is 0 Å². The number of halogens is 2. The summed E-state index contributed by atoms with van der Waals surface area (Å²) in [6.45, 7) is 5.92. The van der Waals surface area contributed by atoms with E-state index in [0.717, 1.165) is 5.56 Å². The minimum Gasteiger partial charge on any atom is -0.348 e. The number of nitrogens with one attached hydrogen (secondary N) is 2. The van der Waals surface area contributed by atoms with Gasteiger partial charge in [-0.2, -0.15) is 0 Å². The first-order chi connectivity index (χ1) is 12.8. The maximum absolute atomic E-state index is 12.8. The lowest BCUT2D eigenvalue weighted by Crippen LogP contribution is -2.48. The molecule has 2 aromatic carbocycles. The number of hydrogen-bond acceptors (Lipinski definition) is 2. The molecule has 0 radical (unpaired) electrons. The molecule has 0 unspecified atom stereocenters. The van der Waals surface area contributed by atoms with Crippen LogP contribution in [0.25, 0.3) is 0 Å². The maximum atomic E-state index is 12.8. The molecule has 0 bridgehead atoms. The number of carbonyl (C=O) groups excluding carboxylic acids is 2. The van der Waals surface area contributed by atoms with Gasteiger partial charge in [0.1, 0.15) is 6.04 Å². The van der Waals surface area contributed by atoms with E-state index in [-0.39, 0.29) is 22.9 Å². The first-order valence-electron chi connectivity index (χ1n) is 8.89. The molecule has 2 aromatic rings. The van der Waals surface area contributed by atoms with Crippen LogP contribution in [0, 0.1) is 5.92 Å². The van der Waals surface area contributed by atoms with E-state index in [1.807, 2.05) is 51.1 Å². The van der Waals surface area contributed by atoms with Crippen LogP contribution in [0.3, 0.4) is 0 Å². The highest BCUT2D eigenvalue weighted by Crippen LogP contribution is 2.21. The van der Waals surface area contributed by atoms with Crippen molar-refractivity contribution in [3.05, 3.63) is 69.7 Å². The molecule has 27 heavy (non-hydrogen) atoms. The van der Waals surface area contributed by atoms with Gasteiger partial charge in [0.25, 0.3) is 5.91 Å². The number of rotatable bonds is 7. The Hall–Kier alpha value is -2.04. The van der Waals surface area contributed by atoms with Crippen LogP contribution in [-0.4, -0.2) is 17.9 Å². The average molecular weight is 407 g/mol. The van der Waals surface area contributed by atoms with Crippen molar-refractivity contribution in [2.45, 2.75) is 39.3 Å². The van der Waals surface area contributed by atoms with Crippen molar-refractivity contribution in [3.63, 3.8) is 0 Å². The summed E-state index contributed by atoms with van der Waals surface area (Å²) in [6.07, 6.45) is 0.518. The first-order valence-corrected chi connectivity index (χ1v) is 9.64. The summed E-state index contributed by atoms with van der Waals surface area (Å²) >= 11 is 12.0. The molecule has 0 heterocycles. The van der Waals surface area contributed by atoms with Crippen molar-refractivity contribution < 1.29 is 9.59 Å². The molecule has 0 spiro atoms. The molecular formula is C21H24Cl2N2O2. The zero-order valence-electron chi connectivity index (χ0n) is 15.6. The highest BCUT2D eigenvalue weighted by molar-refractivity contribution is 6.36. The molecular weight excluding hydrogens is 383 g/mol. The van der Waals surface area contributed by atoms with Gasteiger partial charge in [-0.1, -0.05) is 67.4 Å². The SMILES string of the molecule is CC(C)C[C@H](NC(=O)c1ccc(Cl)cc1Cl)C(=O)N[C@H](C)c1ccccc1. The van der Waals surface area contributed by atoms with Crippen molar-refractivity contribution in [1.82, 2.24) is 10.6 Å². The molecule has 0 aliphatic heterocycles. The van der Waals surface area contributed by atoms with Gasteiger partial charge in [0.2, 0.25) is 5.91 Å². The number of hydrogen-bond donors (Lipinski definition) is 2. The molecule has 0 aromatic heterocycles. The van der Waals surface area contributed by atoms with Gasteiger partial charge in [-0.3, -0.25) is 9.59 Å². The smallest absolute Gasteiger partial charge is 0.253 e. The molecule has 2 rings (SSSR count). The van der Waals surface area contributed by atoms with E-state index in [4.69, 9.17) is 23.2 Å². The fraction of sp³-hybridized carbons (Fsp3) is 0.333. The Labute approximate surface area is 170 Å². The second-order valence-corrected chi connectivity index (χ2v) is 7.76. The molecule has 2 atom stereocenters. The molecule has 2 N–H and O–H groups in total. The molecule has 144 valence electrons. The van der Waals surface area contributed by atoms with E-state index in [1.54, 1.807) is 12.1 Å². The van der Waals surface area contributed by atoms with E-state index in [0.29, 0.717) is 17.0 Å². The van der Waals surface area contributed by atoms with Crippen LogP contribution < -0.4 is 10.6 Å². The van der Waals surface area contributed by atoms with Gasteiger partial charge in [0, 0.05) is 5.02 Å². The van der Waals surface area contributed by atoms with Gasteiger partial charge in [-0.25, -0.2) is 0 Å². The quantitative estimate of drug-likeness (QED) is 0.678. The topological polar surface area (TPSA) is 58.2 Å². The highest BCUT2D eigenvalue weighted by Gasteiger charge is 2.24. The van der Waals surface area contributed by atoms with Gasteiger partial charge < -0.3 is 10.6 Å². The fourth-order valence-corrected chi connectivity index (χ4v) is 3.25. The molecule has 4 nitrogen and oxygen atoms in total. The Morgan fingerprint density at radius 3 is 2.22 bits per heavy atom. The Bertz CT molecular complexity index is 794. The van der Waals surface area contributed by atoms with Crippen molar-refractivity contribution in [1.29, 1.82) is 0 Å². The molecule has 0 saturated heterocycles. The second-order valence-electron chi connectivity index (χ2n) is 6.92. The molecule has 0 saturated carbocycles. The molecule has 2 amide bonds. The standard InChI is InChI=1S/C21H24Cl2N2O2/c1-13(2)11-19(21(27)24-14(3)15-7-5-4-6-8-15)25-20(26)17-10-9-16(22)12-18(17)23/h4-10,12-14,19H,11H2,1-3H3,(H,24,27)(H,25,26)/t14-,19+/m1/s1. The Kier molecular flexibility index (Phi) is 7.69. The van der Waals surface area contributed by atoms with Gasteiger partial charge in [0.05, 0.1) is 16.6 Å². The number of amides is 2. The summed E-state index contributed by atoms with van der Waals surface area (Å²) < 4.78 is 0. The predicted molar refractivity (Wildman–Crippen MR) is 110 cm³/mol. The molecule has 0 aliphatic carbocycles. The Morgan fingerprint density at radius 1 is 0.963 bits per heavy atom. The third-order valence-corrected chi connectivity index (χ3v) is 4.71. The van der Waals surface area contributed by atoms with Crippen LogP contribution >= 0.6 is 23.2 Å². The largest absolute Gasteiger partial charge is 0.348 e. The summed E-state index contributed by atoms with van der Waals surface area (Å²) in [7, 11) is 0. The summed E-state index contributed by atoms with van der Waals surface area (Å²) in [4.78, 5) is 25.4. The monoisotopic (exact) mass is 406 g/mol. The lowest BCUT2D eigenvalue weighted by molar-refractivity contribution is -0.124. The molecule has 6 heteroatoms. The summed E-state index contributed by atoms with van der Waals surface area (Å²) in [5, 5.41) is 6.48. The Morgan fingerprint density at radius 2 is 1.63 bits per heavy atom. The van der Waals surface area contributed by atoms with Crippen molar-refractivity contribution in [3.8, 4) is 0 Å². The molecule has 0 aliphatic rings. The molecule has 0 fully saturated rings. The summed E-state index contributed by atoms with van der Waals surface area (Å²) in [6, 6.07) is 13.5. The summed E-state index contributed by atoms with van der Waals surface area (Å²) in [5.41, 5.74) is 1.29.